The van der Waals surface area contributed by atoms with Gasteiger partial charge in [-0.3, -0.25) is 4.79 Å². The van der Waals surface area contributed by atoms with Crippen LogP contribution in [0.25, 0.3) is 10.9 Å². The topological polar surface area (TPSA) is 71.3 Å². The second kappa shape index (κ2) is 4.83. The van der Waals surface area contributed by atoms with E-state index in [1.807, 2.05) is 43.0 Å². The Bertz CT molecular complexity index is 640. The standard InChI is InChI=1S/C15H19N3O2/c1-9-7-18(8-10(2)20-9)15(19)13-6-11-4-3-5-12(16)14(11)17-13/h3-6,9-10,17H,7-8,16H2,1-2H3. The number of nitrogens with two attached hydrogens (primary N) is 1. The summed E-state index contributed by atoms with van der Waals surface area (Å²) in [5, 5.41) is 0.961. The molecule has 2 unspecified atom stereocenters. The Morgan fingerprint density at radius 3 is 2.70 bits per heavy atom. The van der Waals surface area contributed by atoms with Crippen LogP contribution in [0.3, 0.4) is 0 Å². The fraction of sp³-hybridized carbons (Fsp3) is 0.400. The number of para-hydroxylation sites is 1. The average Bonchev–Trinajstić information content (AvgIpc) is 2.82. The predicted molar refractivity (Wildman–Crippen MR) is 78.6 cm³/mol. The van der Waals surface area contributed by atoms with Gasteiger partial charge in [0.15, 0.2) is 0 Å². The van der Waals surface area contributed by atoms with Gasteiger partial charge >= 0.3 is 0 Å². The number of amides is 1. The highest BCUT2D eigenvalue weighted by Gasteiger charge is 2.27. The van der Waals surface area contributed by atoms with Crippen LogP contribution < -0.4 is 5.73 Å². The van der Waals surface area contributed by atoms with Crippen molar-refractivity contribution in [3.8, 4) is 0 Å². The number of aromatic amines is 1. The number of rotatable bonds is 1. The Morgan fingerprint density at radius 2 is 2.05 bits per heavy atom. The molecule has 0 spiro atoms. The van der Waals surface area contributed by atoms with Crippen molar-refractivity contribution in [3.05, 3.63) is 30.0 Å². The zero-order valence-electron chi connectivity index (χ0n) is 11.7. The Morgan fingerprint density at radius 1 is 1.35 bits per heavy atom. The van der Waals surface area contributed by atoms with Crippen molar-refractivity contribution in [2.45, 2.75) is 26.1 Å². The van der Waals surface area contributed by atoms with E-state index in [0.717, 1.165) is 10.9 Å². The Kier molecular flexibility index (Phi) is 3.14. The SMILES string of the molecule is CC1CN(C(=O)c2cc3cccc(N)c3[nH]2)CC(C)O1. The number of anilines is 1. The van der Waals surface area contributed by atoms with E-state index in [4.69, 9.17) is 10.5 Å². The normalized spacial score (nSPS) is 23.2. The third-order valence-corrected chi connectivity index (χ3v) is 3.63. The van der Waals surface area contributed by atoms with Crippen molar-refractivity contribution in [2.75, 3.05) is 18.8 Å². The van der Waals surface area contributed by atoms with Crippen molar-refractivity contribution in [1.82, 2.24) is 9.88 Å². The van der Waals surface area contributed by atoms with Gasteiger partial charge in [0.1, 0.15) is 5.69 Å². The Hall–Kier alpha value is -2.01. The number of ether oxygens (including phenoxy) is 1. The van der Waals surface area contributed by atoms with Gasteiger partial charge in [0.05, 0.1) is 23.4 Å². The van der Waals surface area contributed by atoms with Gasteiger partial charge < -0.3 is 20.4 Å². The van der Waals surface area contributed by atoms with E-state index in [1.54, 1.807) is 0 Å². The molecule has 0 aliphatic carbocycles. The van der Waals surface area contributed by atoms with E-state index in [-0.39, 0.29) is 18.1 Å². The van der Waals surface area contributed by atoms with Crippen molar-refractivity contribution in [3.63, 3.8) is 0 Å². The molecule has 0 bridgehead atoms. The number of nitrogens with one attached hydrogen (secondary N) is 1. The third kappa shape index (κ3) is 2.25. The highest BCUT2D eigenvalue weighted by Crippen LogP contribution is 2.22. The Labute approximate surface area is 117 Å². The minimum atomic E-state index is 0.00241. The number of fused-ring (bicyclic) bond motifs is 1. The van der Waals surface area contributed by atoms with E-state index in [9.17, 15) is 4.79 Å². The molecule has 2 aromatic rings. The monoisotopic (exact) mass is 273 g/mol. The predicted octanol–water partition coefficient (Wildman–Crippen LogP) is 2.00. The minimum absolute atomic E-state index is 0.00241. The molecule has 2 atom stereocenters. The molecule has 1 saturated heterocycles. The van der Waals surface area contributed by atoms with Crippen LogP contribution in [0.4, 0.5) is 5.69 Å². The molecular formula is C15H19N3O2. The molecule has 3 rings (SSSR count). The minimum Gasteiger partial charge on any atom is -0.397 e. The number of aromatic nitrogens is 1. The van der Waals surface area contributed by atoms with Crippen LogP contribution in [0.1, 0.15) is 24.3 Å². The lowest BCUT2D eigenvalue weighted by Crippen LogP contribution is -2.48. The van der Waals surface area contributed by atoms with Crippen LogP contribution in [0.15, 0.2) is 24.3 Å². The van der Waals surface area contributed by atoms with E-state index in [0.29, 0.717) is 24.5 Å². The highest BCUT2D eigenvalue weighted by atomic mass is 16.5. The largest absolute Gasteiger partial charge is 0.397 e. The number of nitrogen functional groups attached to an aromatic ring is 1. The molecule has 1 aromatic carbocycles. The van der Waals surface area contributed by atoms with Gasteiger partial charge in [0, 0.05) is 18.5 Å². The molecule has 1 aromatic heterocycles. The first-order chi connectivity index (χ1) is 9.54. The lowest BCUT2D eigenvalue weighted by atomic mass is 10.2. The fourth-order valence-corrected chi connectivity index (χ4v) is 2.81. The number of benzene rings is 1. The lowest BCUT2D eigenvalue weighted by Gasteiger charge is -2.35. The Balaban J connectivity index is 1.90. The molecule has 5 nitrogen and oxygen atoms in total. The zero-order chi connectivity index (χ0) is 14.3. The molecule has 1 fully saturated rings. The van der Waals surface area contributed by atoms with Gasteiger partial charge in [0.25, 0.3) is 5.91 Å². The van der Waals surface area contributed by atoms with Gasteiger partial charge in [-0.2, -0.15) is 0 Å². The van der Waals surface area contributed by atoms with Gasteiger partial charge in [-0.1, -0.05) is 12.1 Å². The summed E-state index contributed by atoms with van der Waals surface area (Å²) in [5.41, 5.74) is 7.98. The van der Waals surface area contributed by atoms with Crippen molar-refractivity contribution in [1.29, 1.82) is 0 Å². The van der Waals surface area contributed by atoms with E-state index in [2.05, 4.69) is 4.98 Å². The van der Waals surface area contributed by atoms with Crippen LogP contribution in [-0.2, 0) is 4.74 Å². The molecule has 106 valence electrons. The summed E-state index contributed by atoms with van der Waals surface area (Å²) in [6.45, 7) is 5.21. The van der Waals surface area contributed by atoms with E-state index < -0.39 is 0 Å². The van der Waals surface area contributed by atoms with Crippen LogP contribution in [0.5, 0.6) is 0 Å². The number of hydrogen-bond donors (Lipinski definition) is 2. The molecular weight excluding hydrogens is 254 g/mol. The highest BCUT2D eigenvalue weighted by molar-refractivity contribution is 6.00. The number of nitrogens with zero attached hydrogens (tertiary/aromatic N) is 1. The van der Waals surface area contributed by atoms with E-state index >= 15 is 0 Å². The molecule has 3 N–H and O–H groups in total. The maximum absolute atomic E-state index is 12.6. The molecule has 1 aliphatic rings. The number of carbonyl (C=O) groups is 1. The first kappa shape index (κ1) is 13.0. The maximum atomic E-state index is 12.6. The zero-order valence-corrected chi connectivity index (χ0v) is 11.7. The van der Waals surface area contributed by atoms with Crippen molar-refractivity contribution < 1.29 is 9.53 Å². The number of morpholine rings is 1. The lowest BCUT2D eigenvalue weighted by molar-refractivity contribution is -0.0587. The first-order valence-electron chi connectivity index (χ1n) is 6.86. The summed E-state index contributed by atoms with van der Waals surface area (Å²) >= 11 is 0. The molecule has 5 heteroatoms. The molecule has 0 radical (unpaired) electrons. The molecule has 1 aliphatic heterocycles. The van der Waals surface area contributed by atoms with Crippen LogP contribution in [-0.4, -0.2) is 41.1 Å². The van der Waals surface area contributed by atoms with Crippen molar-refractivity contribution >= 4 is 22.5 Å². The number of carbonyl (C=O) groups excluding carboxylic acids is 1. The average molecular weight is 273 g/mol. The molecule has 1 amide bonds. The van der Waals surface area contributed by atoms with Crippen molar-refractivity contribution in [2.24, 2.45) is 0 Å². The van der Waals surface area contributed by atoms with Crippen LogP contribution in [0.2, 0.25) is 0 Å². The van der Waals surface area contributed by atoms with Gasteiger partial charge in [-0.25, -0.2) is 0 Å². The quantitative estimate of drug-likeness (QED) is 0.781. The van der Waals surface area contributed by atoms with Gasteiger partial charge in [-0.05, 0) is 26.0 Å². The van der Waals surface area contributed by atoms with Gasteiger partial charge in [0.2, 0.25) is 0 Å². The first-order valence-corrected chi connectivity index (χ1v) is 6.86. The molecule has 0 saturated carbocycles. The van der Waals surface area contributed by atoms with Gasteiger partial charge in [-0.15, -0.1) is 0 Å². The maximum Gasteiger partial charge on any atom is 0.270 e. The number of hydrogen-bond acceptors (Lipinski definition) is 3. The van der Waals surface area contributed by atoms with Crippen LogP contribution >= 0.6 is 0 Å². The second-order valence-corrected chi connectivity index (χ2v) is 5.46. The summed E-state index contributed by atoms with van der Waals surface area (Å²) in [6, 6.07) is 7.52. The molecule has 20 heavy (non-hydrogen) atoms. The summed E-state index contributed by atoms with van der Waals surface area (Å²) in [4.78, 5) is 17.5. The second-order valence-electron chi connectivity index (χ2n) is 5.46. The third-order valence-electron chi connectivity index (χ3n) is 3.63. The summed E-state index contributed by atoms with van der Waals surface area (Å²) < 4.78 is 5.66. The summed E-state index contributed by atoms with van der Waals surface area (Å²) in [6.07, 6.45) is 0.134. The summed E-state index contributed by atoms with van der Waals surface area (Å²) in [7, 11) is 0. The summed E-state index contributed by atoms with van der Waals surface area (Å²) in [5.74, 6) is 0.00241. The number of H-pyrrole nitrogens is 1. The van der Waals surface area contributed by atoms with Crippen LogP contribution in [0, 0.1) is 0 Å². The molecule has 2 heterocycles. The van der Waals surface area contributed by atoms with E-state index in [1.165, 1.54) is 0 Å². The smallest absolute Gasteiger partial charge is 0.270 e. The fourth-order valence-electron chi connectivity index (χ4n) is 2.81.